The number of aromatic nitrogens is 1. The molecular weight excluding hydrogens is 278 g/mol. The van der Waals surface area contributed by atoms with Gasteiger partial charge in [-0.25, -0.2) is 4.98 Å². The molecule has 116 valence electrons. The predicted molar refractivity (Wildman–Crippen MR) is 88.7 cm³/mol. The Balaban J connectivity index is 2.20. The van der Waals surface area contributed by atoms with E-state index in [-0.39, 0.29) is 11.9 Å². The van der Waals surface area contributed by atoms with Crippen LogP contribution in [0.5, 0.6) is 5.75 Å². The van der Waals surface area contributed by atoms with Crippen molar-refractivity contribution in [2.45, 2.75) is 26.8 Å². The molecule has 1 aromatic heterocycles. The molecule has 0 spiro atoms. The molecule has 1 amide bonds. The fourth-order valence-corrected chi connectivity index (χ4v) is 2.04. The summed E-state index contributed by atoms with van der Waals surface area (Å²) in [6.07, 6.45) is 0. The van der Waals surface area contributed by atoms with Gasteiger partial charge in [-0.05, 0) is 50.6 Å². The van der Waals surface area contributed by atoms with Crippen molar-refractivity contribution < 1.29 is 9.53 Å². The number of carbonyl (C=O) groups is 1. The molecule has 0 aliphatic heterocycles. The zero-order valence-electron chi connectivity index (χ0n) is 13.3. The standard InChI is InChI=1S/C17H21N3O2/c1-11(2)18-16-7-5-6-13(19-16)17(21)20-14-10-12(3)8-9-15(14)22-4/h5-11H,1-4H3,(H,18,19)(H,20,21). The lowest BCUT2D eigenvalue weighted by atomic mass is 10.2. The van der Waals surface area contributed by atoms with Gasteiger partial charge in [0.05, 0.1) is 12.8 Å². The van der Waals surface area contributed by atoms with Crippen molar-refractivity contribution in [2.75, 3.05) is 17.7 Å². The van der Waals surface area contributed by atoms with Gasteiger partial charge in [-0.2, -0.15) is 0 Å². The number of aryl methyl sites for hydroxylation is 1. The number of carbonyl (C=O) groups excluding carboxylic acids is 1. The van der Waals surface area contributed by atoms with Gasteiger partial charge in [0.2, 0.25) is 0 Å². The molecule has 2 N–H and O–H groups in total. The molecule has 2 rings (SSSR count). The summed E-state index contributed by atoms with van der Waals surface area (Å²) in [6, 6.07) is 11.2. The van der Waals surface area contributed by atoms with Gasteiger partial charge < -0.3 is 15.4 Å². The van der Waals surface area contributed by atoms with Crippen LogP contribution in [0.15, 0.2) is 36.4 Å². The number of hydrogen-bond acceptors (Lipinski definition) is 4. The highest BCUT2D eigenvalue weighted by Crippen LogP contribution is 2.25. The third-order valence-electron chi connectivity index (χ3n) is 3.02. The van der Waals surface area contributed by atoms with E-state index in [1.807, 2.05) is 45.0 Å². The van der Waals surface area contributed by atoms with E-state index in [1.54, 1.807) is 19.2 Å². The normalized spacial score (nSPS) is 10.4. The van der Waals surface area contributed by atoms with E-state index in [0.717, 1.165) is 5.56 Å². The molecule has 0 atom stereocenters. The van der Waals surface area contributed by atoms with Crippen molar-refractivity contribution in [1.29, 1.82) is 0 Å². The van der Waals surface area contributed by atoms with Gasteiger partial charge in [0.1, 0.15) is 17.3 Å². The minimum atomic E-state index is -0.267. The van der Waals surface area contributed by atoms with Crippen LogP contribution in [0, 0.1) is 6.92 Å². The summed E-state index contributed by atoms with van der Waals surface area (Å²) < 4.78 is 5.27. The number of rotatable bonds is 5. The predicted octanol–water partition coefficient (Wildman–Crippen LogP) is 3.47. The topological polar surface area (TPSA) is 63.2 Å². The third-order valence-corrected chi connectivity index (χ3v) is 3.02. The molecule has 0 aliphatic carbocycles. The first-order valence-corrected chi connectivity index (χ1v) is 7.19. The number of nitrogens with zero attached hydrogens (tertiary/aromatic N) is 1. The molecule has 0 saturated heterocycles. The molecule has 0 aliphatic rings. The molecule has 0 unspecified atom stereocenters. The van der Waals surface area contributed by atoms with Crippen molar-refractivity contribution >= 4 is 17.4 Å². The maximum absolute atomic E-state index is 12.4. The molecule has 0 radical (unpaired) electrons. The van der Waals surface area contributed by atoms with Gasteiger partial charge in [-0.1, -0.05) is 12.1 Å². The number of anilines is 2. The minimum Gasteiger partial charge on any atom is -0.495 e. The lowest BCUT2D eigenvalue weighted by Gasteiger charge is -2.12. The second kappa shape index (κ2) is 6.93. The molecular formula is C17H21N3O2. The van der Waals surface area contributed by atoms with Crippen molar-refractivity contribution in [2.24, 2.45) is 0 Å². The molecule has 1 aromatic carbocycles. The summed E-state index contributed by atoms with van der Waals surface area (Å²) in [6.45, 7) is 6.00. The van der Waals surface area contributed by atoms with E-state index in [9.17, 15) is 4.79 Å². The summed E-state index contributed by atoms with van der Waals surface area (Å²) in [5.41, 5.74) is 2.03. The second-order valence-corrected chi connectivity index (χ2v) is 5.36. The Morgan fingerprint density at radius 1 is 1.23 bits per heavy atom. The summed E-state index contributed by atoms with van der Waals surface area (Å²) in [4.78, 5) is 16.7. The fourth-order valence-electron chi connectivity index (χ4n) is 2.04. The number of pyridine rings is 1. The van der Waals surface area contributed by atoms with Crippen molar-refractivity contribution in [3.05, 3.63) is 47.7 Å². The molecule has 0 fully saturated rings. The number of hydrogen-bond donors (Lipinski definition) is 2. The Morgan fingerprint density at radius 2 is 2.00 bits per heavy atom. The van der Waals surface area contributed by atoms with Crippen molar-refractivity contribution in [1.82, 2.24) is 4.98 Å². The zero-order valence-corrected chi connectivity index (χ0v) is 13.3. The Labute approximate surface area is 130 Å². The zero-order chi connectivity index (χ0) is 16.1. The van der Waals surface area contributed by atoms with Crippen LogP contribution in [0.2, 0.25) is 0 Å². The second-order valence-electron chi connectivity index (χ2n) is 5.36. The average molecular weight is 299 g/mol. The molecule has 22 heavy (non-hydrogen) atoms. The minimum absolute atomic E-state index is 0.252. The maximum Gasteiger partial charge on any atom is 0.274 e. The van der Waals surface area contributed by atoms with Crippen LogP contribution >= 0.6 is 0 Å². The number of nitrogens with one attached hydrogen (secondary N) is 2. The summed E-state index contributed by atoms with van der Waals surface area (Å²) in [5.74, 6) is 1.03. The quantitative estimate of drug-likeness (QED) is 0.887. The number of methoxy groups -OCH3 is 1. The summed E-state index contributed by atoms with van der Waals surface area (Å²) in [5, 5.41) is 6.02. The first-order chi connectivity index (χ1) is 10.5. The monoisotopic (exact) mass is 299 g/mol. The summed E-state index contributed by atoms with van der Waals surface area (Å²) >= 11 is 0. The molecule has 5 nitrogen and oxygen atoms in total. The van der Waals surface area contributed by atoms with Crippen LogP contribution in [-0.4, -0.2) is 24.0 Å². The Kier molecular flexibility index (Phi) is 4.99. The van der Waals surface area contributed by atoms with Crippen molar-refractivity contribution in [3.8, 4) is 5.75 Å². The van der Waals surface area contributed by atoms with E-state index in [1.165, 1.54) is 0 Å². The highest BCUT2D eigenvalue weighted by atomic mass is 16.5. The lowest BCUT2D eigenvalue weighted by Crippen LogP contribution is -2.17. The van der Waals surface area contributed by atoms with Crippen LogP contribution in [0.1, 0.15) is 29.9 Å². The smallest absolute Gasteiger partial charge is 0.274 e. The van der Waals surface area contributed by atoms with Gasteiger partial charge in [-0.3, -0.25) is 4.79 Å². The number of amides is 1. The Hall–Kier alpha value is -2.56. The van der Waals surface area contributed by atoms with Gasteiger partial charge in [0, 0.05) is 6.04 Å². The van der Waals surface area contributed by atoms with E-state index in [2.05, 4.69) is 15.6 Å². The van der Waals surface area contributed by atoms with E-state index in [4.69, 9.17) is 4.74 Å². The Bertz CT molecular complexity index is 669. The largest absolute Gasteiger partial charge is 0.495 e. The number of benzene rings is 1. The first-order valence-electron chi connectivity index (χ1n) is 7.19. The molecule has 2 aromatic rings. The van der Waals surface area contributed by atoms with E-state index >= 15 is 0 Å². The highest BCUT2D eigenvalue weighted by Gasteiger charge is 2.12. The van der Waals surface area contributed by atoms with Crippen LogP contribution in [0.4, 0.5) is 11.5 Å². The lowest BCUT2D eigenvalue weighted by molar-refractivity contribution is 0.102. The molecule has 1 heterocycles. The van der Waals surface area contributed by atoms with Gasteiger partial charge in [-0.15, -0.1) is 0 Å². The maximum atomic E-state index is 12.4. The van der Waals surface area contributed by atoms with Crippen LogP contribution in [-0.2, 0) is 0 Å². The van der Waals surface area contributed by atoms with Crippen LogP contribution < -0.4 is 15.4 Å². The third kappa shape index (κ3) is 3.97. The van der Waals surface area contributed by atoms with Gasteiger partial charge in [0.25, 0.3) is 5.91 Å². The Morgan fingerprint density at radius 3 is 2.68 bits per heavy atom. The van der Waals surface area contributed by atoms with Gasteiger partial charge in [0.15, 0.2) is 0 Å². The summed E-state index contributed by atoms with van der Waals surface area (Å²) in [7, 11) is 1.58. The number of ether oxygens (including phenoxy) is 1. The molecule has 0 saturated carbocycles. The highest BCUT2D eigenvalue weighted by molar-refractivity contribution is 6.03. The fraction of sp³-hybridized carbons (Fsp3) is 0.294. The molecule has 0 bridgehead atoms. The van der Waals surface area contributed by atoms with E-state index < -0.39 is 0 Å². The SMILES string of the molecule is COc1ccc(C)cc1NC(=O)c1cccc(NC(C)C)n1. The van der Waals surface area contributed by atoms with Gasteiger partial charge >= 0.3 is 0 Å². The van der Waals surface area contributed by atoms with Crippen LogP contribution in [0.3, 0.4) is 0 Å². The molecule has 5 heteroatoms. The average Bonchev–Trinajstić information content (AvgIpc) is 2.47. The van der Waals surface area contributed by atoms with Crippen molar-refractivity contribution in [3.63, 3.8) is 0 Å². The van der Waals surface area contributed by atoms with Crippen LogP contribution in [0.25, 0.3) is 0 Å². The first kappa shape index (κ1) is 15.8. The van der Waals surface area contributed by atoms with E-state index in [0.29, 0.717) is 22.9 Å².